The monoisotopic (exact) mass is 438 g/mol. The number of rotatable bonds is 7. The molecule has 2 heterocycles. The average molecular weight is 439 g/mol. The zero-order chi connectivity index (χ0) is 22.5. The largest absolute Gasteiger partial charge is 0.447 e. The van der Waals surface area contributed by atoms with Gasteiger partial charge in [-0.2, -0.15) is 0 Å². The predicted molar refractivity (Wildman–Crippen MR) is 127 cm³/mol. The summed E-state index contributed by atoms with van der Waals surface area (Å²) in [7, 11) is 1.56. The summed E-state index contributed by atoms with van der Waals surface area (Å²) in [6.45, 7) is 6.66. The van der Waals surface area contributed by atoms with Gasteiger partial charge in [0.2, 0.25) is 0 Å². The third-order valence-electron chi connectivity index (χ3n) is 5.68. The second-order valence-electron chi connectivity index (χ2n) is 7.64. The molecule has 0 spiro atoms. The number of hydrogen-bond acceptors (Lipinski definition) is 6. The first kappa shape index (κ1) is 22.0. The maximum atomic E-state index is 12.0. The number of anilines is 3. The van der Waals surface area contributed by atoms with Crippen LogP contribution < -0.4 is 16.0 Å². The van der Waals surface area contributed by atoms with Crippen LogP contribution in [-0.2, 0) is 20.8 Å². The van der Waals surface area contributed by atoms with Crippen molar-refractivity contribution >= 4 is 34.1 Å². The fourth-order valence-electron chi connectivity index (χ4n) is 4.14. The van der Waals surface area contributed by atoms with Gasteiger partial charge in [-0.25, -0.2) is 4.79 Å². The van der Waals surface area contributed by atoms with Crippen molar-refractivity contribution in [1.29, 1.82) is 0 Å². The van der Waals surface area contributed by atoms with Crippen LogP contribution in [0.2, 0.25) is 0 Å². The fraction of sp³-hybridized carbons (Fsp3) is 0.375. The van der Waals surface area contributed by atoms with Gasteiger partial charge in [-0.3, -0.25) is 5.32 Å². The first-order valence-electron chi connectivity index (χ1n) is 10.9. The smallest absolute Gasteiger partial charge is 0.411 e. The van der Waals surface area contributed by atoms with E-state index >= 15 is 0 Å². The van der Waals surface area contributed by atoms with Crippen molar-refractivity contribution < 1.29 is 19.0 Å². The summed E-state index contributed by atoms with van der Waals surface area (Å²) >= 11 is 0. The number of morpholine rings is 1. The summed E-state index contributed by atoms with van der Waals surface area (Å²) in [5.74, 6) is 0. The topological polar surface area (TPSA) is 91.0 Å². The SMILES string of the molecule is CCn1c(-c2cccc(NC(=O)OCCOC)c2)c(N)c2cc(N3CCOCC3)ccc21. The molecule has 8 nitrogen and oxygen atoms in total. The van der Waals surface area contributed by atoms with Gasteiger partial charge in [0.05, 0.1) is 36.7 Å². The zero-order valence-electron chi connectivity index (χ0n) is 18.6. The second kappa shape index (κ2) is 9.93. The van der Waals surface area contributed by atoms with E-state index in [0.29, 0.717) is 12.3 Å². The van der Waals surface area contributed by atoms with Crippen LogP contribution in [-0.4, -0.2) is 57.3 Å². The van der Waals surface area contributed by atoms with Crippen molar-refractivity contribution in [2.24, 2.45) is 0 Å². The molecule has 0 atom stereocenters. The van der Waals surface area contributed by atoms with Crippen LogP contribution in [0.3, 0.4) is 0 Å². The van der Waals surface area contributed by atoms with Crippen molar-refractivity contribution in [3.8, 4) is 11.3 Å². The number of nitrogens with zero attached hydrogens (tertiary/aromatic N) is 2. The van der Waals surface area contributed by atoms with Gasteiger partial charge >= 0.3 is 6.09 Å². The van der Waals surface area contributed by atoms with E-state index in [-0.39, 0.29) is 6.61 Å². The molecule has 3 N–H and O–H groups in total. The summed E-state index contributed by atoms with van der Waals surface area (Å²) in [5, 5.41) is 3.80. The first-order valence-corrected chi connectivity index (χ1v) is 10.9. The summed E-state index contributed by atoms with van der Waals surface area (Å²) in [4.78, 5) is 14.3. The molecule has 0 aliphatic carbocycles. The van der Waals surface area contributed by atoms with E-state index in [0.717, 1.165) is 66.4 Å². The number of fused-ring (bicyclic) bond motifs is 1. The quantitative estimate of drug-likeness (QED) is 0.543. The van der Waals surface area contributed by atoms with Gasteiger partial charge in [0.15, 0.2) is 0 Å². The number of nitrogen functional groups attached to an aromatic ring is 1. The number of methoxy groups -OCH3 is 1. The third-order valence-corrected chi connectivity index (χ3v) is 5.68. The van der Waals surface area contributed by atoms with Crippen molar-refractivity contribution in [2.45, 2.75) is 13.5 Å². The molecule has 4 rings (SSSR count). The zero-order valence-corrected chi connectivity index (χ0v) is 18.6. The third kappa shape index (κ3) is 4.51. The van der Waals surface area contributed by atoms with Crippen LogP contribution >= 0.6 is 0 Å². The Morgan fingerprint density at radius 3 is 2.72 bits per heavy atom. The Kier molecular flexibility index (Phi) is 6.82. The van der Waals surface area contributed by atoms with Crippen LogP contribution in [0, 0.1) is 0 Å². The molecule has 1 fully saturated rings. The number of ether oxygens (including phenoxy) is 3. The van der Waals surface area contributed by atoms with Crippen LogP contribution in [0.25, 0.3) is 22.2 Å². The molecule has 1 aromatic heterocycles. The minimum Gasteiger partial charge on any atom is -0.447 e. The van der Waals surface area contributed by atoms with E-state index in [1.807, 2.05) is 24.3 Å². The Labute approximate surface area is 187 Å². The highest BCUT2D eigenvalue weighted by atomic mass is 16.6. The lowest BCUT2D eigenvalue weighted by Crippen LogP contribution is -2.36. The minimum atomic E-state index is -0.515. The molecule has 1 aliphatic heterocycles. The Morgan fingerprint density at radius 2 is 1.97 bits per heavy atom. The molecule has 3 aromatic rings. The summed E-state index contributed by atoms with van der Waals surface area (Å²) in [5.41, 5.74) is 12.2. The van der Waals surface area contributed by atoms with E-state index in [1.165, 1.54) is 0 Å². The first-order chi connectivity index (χ1) is 15.6. The normalized spacial score (nSPS) is 14.0. The van der Waals surface area contributed by atoms with Gasteiger partial charge < -0.3 is 29.4 Å². The van der Waals surface area contributed by atoms with Gasteiger partial charge in [0.25, 0.3) is 0 Å². The molecule has 1 aliphatic rings. The Balaban J connectivity index is 1.66. The summed E-state index contributed by atoms with van der Waals surface area (Å²) in [6, 6.07) is 14.1. The van der Waals surface area contributed by atoms with E-state index in [1.54, 1.807) is 7.11 Å². The molecule has 0 saturated carbocycles. The molecular weight excluding hydrogens is 408 g/mol. The van der Waals surface area contributed by atoms with Gasteiger partial charge in [-0.15, -0.1) is 0 Å². The summed E-state index contributed by atoms with van der Waals surface area (Å²) in [6.07, 6.45) is -0.515. The van der Waals surface area contributed by atoms with Crippen LogP contribution in [0.15, 0.2) is 42.5 Å². The Bertz CT molecular complexity index is 1090. The number of carbonyl (C=O) groups is 1. The van der Waals surface area contributed by atoms with E-state index < -0.39 is 6.09 Å². The van der Waals surface area contributed by atoms with Crippen LogP contribution in [0.5, 0.6) is 0 Å². The van der Waals surface area contributed by atoms with E-state index in [2.05, 4.69) is 39.9 Å². The Hall–Kier alpha value is -3.23. The molecule has 0 unspecified atom stereocenters. The molecule has 1 amide bonds. The van der Waals surface area contributed by atoms with Crippen molar-refractivity contribution in [2.75, 3.05) is 62.6 Å². The van der Waals surface area contributed by atoms with Crippen molar-refractivity contribution in [3.05, 3.63) is 42.5 Å². The maximum Gasteiger partial charge on any atom is 0.411 e. The highest BCUT2D eigenvalue weighted by Gasteiger charge is 2.19. The maximum absolute atomic E-state index is 12.0. The number of nitrogens with two attached hydrogens (primary N) is 1. The number of aryl methyl sites for hydroxylation is 1. The lowest BCUT2D eigenvalue weighted by molar-refractivity contribution is 0.107. The van der Waals surface area contributed by atoms with Gasteiger partial charge in [-0.1, -0.05) is 12.1 Å². The highest BCUT2D eigenvalue weighted by Crippen LogP contribution is 2.38. The van der Waals surface area contributed by atoms with E-state index in [4.69, 9.17) is 19.9 Å². The lowest BCUT2D eigenvalue weighted by atomic mass is 10.1. The number of benzene rings is 2. The predicted octanol–water partition coefficient (Wildman–Crippen LogP) is 3.94. The number of amides is 1. The van der Waals surface area contributed by atoms with Gasteiger partial charge in [0.1, 0.15) is 6.61 Å². The standard InChI is InChI=1S/C24H30N4O4/c1-3-28-21-8-7-19(27-9-11-31-12-10-27)16-20(21)22(25)23(28)17-5-4-6-18(15-17)26-24(29)32-14-13-30-2/h4-8,15-16H,3,9-14,25H2,1-2H3,(H,26,29). The number of hydrogen-bond donors (Lipinski definition) is 2. The van der Waals surface area contributed by atoms with Gasteiger partial charge in [0, 0.05) is 49.1 Å². The Morgan fingerprint density at radius 1 is 1.16 bits per heavy atom. The molecule has 2 aromatic carbocycles. The molecule has 170 valence electrons. The van der Waals surface area contributed by atoms with Crippen molar-refractivity contribution in [1.82, 2.24) is 4.57 Å². The molecule has 1 saturated heterocycles. The number of carbonyl (C=O) groups excluding carboxylic acids is 1. The molecule has 8 heteroatoms. The van der Waals surface area contributed by atoms with Crippen LogP contribution in [0.4, 0.5) is 21.9 Å². The lowest BCUT2D eigenvalue weighted by Gasteiger charge is -2.28. The summed E-state index contributed by atoms with van der Waals surface area (Å²) < 4.78 is 17.7. The fourth-order valence-corrected chi connectivity index (χ4v) is 4.14. The van der Waals surface area contributed by atoms with E-state index in [9.17, 15) is 4.79 Å². The molecule has 0 radical (unpaired) electrons. The van der Waals surface area contributed by atoms with Crippen LogP contribution in [0.1, 0.15) is 6.92 Å². The second-order valence-corrected chi connectivity index (χ2v) is 7.64. The minimum absolute atomic E-state index is 0.199. The van der Waals surface area contributed by atoms with Gasteiger partial charge in [-0.05, 0) is 37.3 Å². The average Bonchev–Trinajstić information content (AvgIpc) is 3.11. The van der Waals surface area contributed by atoms with Crippen molar-refractivity contribution in [3.63, 3.8) is 0 Å². The number of aromatic nitrogens is 1. The number of nitrogens with one attached hydrogen (secondary N) is 1. The molecule has 32 heavy (non-hydrogen) atoms. The molecular formula is C24H30N4O4. The highest BCUT2D eigenvalue weighted by molar-refractivity contribution is 6.02. The molecule has 0 bridgehead atoms.